The molecule has 0 aromatic carbocycles. The first-order valence-corrected chi connectivity index (χ1v) is 5.14. The first kappa shape index (κ1) is 9.24. The van der Waals surface area contributed by atoms with Crippen molar-refractivity contribution in [1.29, 1.82) is 0 Å². The van der Waals surface area contributed by atoms with E-state index in [1.54, 1.807) is 0 Å². The predicted octanol–water partition coefficient (Wildman–Crippen LogP) is 1.37. The molecule has 14 heavy (non-hydrogen) atoms. The largest absolute Gasteiger partial charge is 0.373 e. The van der Waals surface area contributed by atoms with Gasteiger partial charge in [-0.05, 0) is 25.7 Å². The molecular weight excluding hydrogens is 176 g/mol. The first-order chi connectivity index (χ1) is 6.81. The van der Waals surface area contributed by atoms with Crippen LogP contribution < -0.4 is 11.1 Å². The number of nitrogens with two attached hydrogens (primary N) is 1. The van der Waals surface area contributed by atoms with Gasteiger partial charge in [0, 0.05) is 12.6 Å². The van der Waals surface area contributed by atoms with Gasteiger partial charge >= 0.3 is 0 Å². The minimum Gasteiger partial charge on any atom is -0.373 e. The van der Waals surface area contributed by atoms with Crippen LogP contribution in [-0.4, -0.2) is 17.0 Å². The van der Waals surface area contributed by atoms with Gasteiger partial charge in [0.1, 0.15) is 5.82 Å². The lowest BCUT2D eigenvalue weighted by Crippen LogP contribution is -2.08. The number of fused-ring (bicyclic) bond motifs is 1. The van der Waals surface area contributed by atoms with Crippen LogP contribution in [0.2, 0.25) is 0 Å². The molecular formula is C10H16N4. The SMILES string of the molecule is CNc1nc(N)nc2c1CCCCC2. The first-order valence-electron chi connectivity index (χ1n) is 5.14. The number of anilines is 2. The van der Waals surface area contributed by atoms with Crippen LogP contribution in [0.1, 0.15) is 30.5 Å². The molecule has 0 spiro atoms. The zero-order chi connectivity index (χ0) is 9.97. The topological polar surface area (TPSA) is 63.8 Å². The lowest BCUT2D eigenvalue weighted by molar-refractivity contribution is 0.709. The maximum absolute atomic E-state index is 5.65. The third kappa shape index (κ3) is 1.64. The Morgan fingerprint density at radius 2 is 1.93 bits per heavy atom. The van der Waals surface area contributed by atoms with E-state index >= 15 is 0 Å². The summed E-state index contributed by atoms with van der Waals surface area (Å²) in [6, 6.07) is 0. The van der Waals surface area contributed by atoms with E-state index < -0.39 is 0 Å². The molecule has 0 saturated heterocycles. The Balaban J connectivity index is 2.46. The highest BCUT2D eigenvalue weighted by Crippen LogP contribution is 2.24. The monoisotopic (exact) mass is 192 g/mol. The predicted molar refractivity (Wildman–Crippen MR) is 57.3 cm³/mol. The summed E-state index contributed by atoms with van der Waals surface area (Å²) in [4.78, 5) is 8.51. The van der Waals surface area contributed by atoms with E-state index in [1.165, 1.54) is 24.8 Å². The van der Waals surface area contributed by atoms with E-state index in [1.807, 2.05) is 7.05 Å². The maximum atomic E-state index is 5.65. The van der Waals surface area contributed by atoms with Crippen molar-refractivity contribution < 1.29 is 0 Å². The van der Waals surface area contributed by atoms with Crippen molar-refractivity contribution in [2.75, 3.05) is 18.1 Å². The van der Waals surface area contributed by atoms with Gasteiger partial charge in [0.25, 0.3) is 0 Å². The second-order valence-corrected chi connectivity index (χ2v) is 3.67. The van der Waals surface area contributed by atoms with E-state index in [0.29, 0.717) is 5.95 Å². The summed E-state index contributed by atoms with van der Waals surface area (Å²) in [5, 5.41) is 3.09. The molecule has 1 aromatic heterocycles. The van der Waals surface area contributed by atoms with Crippen LogP contribution in [0.25, 0.3) is 0 Å². The van der Waals surface area contributed by atoms with Crippen LogP contribution in [-0.2, 0) is 12.8 Å². The summed E-state index contributed by atoms with van der Waals surface area (Å²) < 4.78 is 0. The summed E-state index contributed by atoms with van der Waals surface area (Å²) in [6.07, 6.45) is 5.84. The molecule has 3 N–H and O–H groups in total. The van der Waals surface area contributed by atoms with Crippen LogP contribution in [0.3, 0.4) is 0 Å². The molecule has 1 aliphatic carbocycles. The average molecular weight is 192 g/mol. The molecule has 1 heterocycles. The second kappa shape index (κ2) is 3.82. The molecule has 0 amide bonds. The summed E-state index contributed by atoms with van der Waals surface area (Å²) in [5.41, 5.74) is 8.05. The van der Waals surface area contributed by atoms with Crippen molar-refractivity contribution in [2.45, 2.75) is 32.1 Å². The molecule has 2 rings (SSSR count). The summed E-state index contributed by atoms with van der Waals surface area (Å²) in [5.74, 6) is 1.30. The van der Waals surface area contributed by atoms with Crippen molar-refractivity contribution >= 4 is 11.8 Å². The fourth-order valence-corrected chi connectivity index (χ4v) is 2.00. The molecule has 1 aromatic rings. The summed E-state index contributed by atoms with van der Waals surface area (Å²) >= 11 is 0. The van der Waals surface area contributed by atoms with Crippen LogP contribution >= 0.6 is 0 Å². The van der Waals surface area contributed by atoms with Crippen molar-refractivity contribution in [3.8, 4) is 0 Å². The Bertz CT molecular complexity index is 335. The lowest BCUT2D eigenvalue weighted by Gasteiger charge is -2.10. The second-order valence-electron chi connectivity index (χ2n) is 3.67. The van der Waals surface area contributed by atoms with E-state index in [4.69, 9.17) is 5.73 Å². The van der Waals surface area contributed by atoms with Crippen molar-refractivity contribution in [3.05, 3.63) is 11.3 Å². The normalized spacial score (nSPS) is 15.8. The Hall–Kier alpha value is -1.32. The number of rotatable bonds is 1. The molecule has 0 aliphatic heterocycles. The number of hydrogen-bond donors (Lipinski definition) is 2. The van der Waals surface area contributed by atoms with Gasteiger partial charge in [0.2, 0.25) is 5.95 Å². The highest BCUT2D eigenvalue weighted by atomic mass is 15.1. The molecule has 76 valence electrons. The number of nitrogens with one attached hydrogen (secondary N) is 1. The molecule has 0 saturated carbocycles. The van der Waals surface area contributed by atoms with Gasteiger partial charge in [-0.3, -0.25) is 0 Å². The minimum atomic E-state index is 0.384. The van der Waals surface area contributed by atoms with Crippen molar-refractivity contribution in [2.24, 2.45) is 0 Å². The number of aryl methyl sites for hydroxylation is 1. The van der Waals surface area contributed by atoms with Gasteiger partial charge < -0.3 is 11.1 Å². The fraction of sp³-hybridized carbons (Fsp3) is 0.600. The van der Waals surface area contributed by atoms with Crippen molar-refractivity contribution in [3.63, 3.8) is 0 Å². The Labute approximate surface area is 83.9 Å². The molecule has 1 aliphatic rings. The summed E-state index contributed by atoms with van der Waals surface area (Å²) in [6.45, 7) is 0. The highest BCUT2D eigenvalue weighted by Gasteiger charge is 2.14. The molecule has 0 unspecified atom stereocenters. The summed E-state index contributed by atoms with van der Waals surface area (Å²) in [7, 11) is 1.88. The highest BCUT2D eigenvalue weighted by molar-refractivity contribution is 5.49. The van der Waals surface area contributed by atoms with Crippen molar-refractivity contribution in [1.82, 2.24) is 9.97 Å². The molecule has 0 bridgehead atoms. The molecule has 4 heteroatoms. The number of hydrogen-bond acceptors (Lipinski definition) is 4. The van der Waals surface area contributed by atoms with E-state index in [9.17, 15) is 0 Å². The Morgan fingerprint density at radius 3 is 2.71 bits per heavy atom. The van der Waals surface area contributed by atoms with Gasteiger partial charge in [0.05, 0.1) is 5.69 Å². The Morgan fingerprint density at radius 1 is 1.14 bits per heavy atom. The van der Waals surface area contributed by atoms with Gasteiger partial charge in [0.15, 0.2) is 0 Å². The molecule has 0 atom stereocenters. The number of aromatic nitrogens is 2. The van der Waals surface area contributed by atoms with Gasteiger partial charge in [-0.2, -0.15) is 4.98 Å². The zero-order valence-corrected chi connectivity index (χ0v) is 8.51. The standard InChI is InChI=1S/C10H16N4/c1-12-9-7-5-3-2-4-6-8(7)13-10(11)14-9/h2-6H2,1H3,(H3,11,12,13,14). The van der Waals surface area contributed by atoms with Crippen LogP contribution in [0.4, 0.5) is 11.8 Å². The Kier molecular flexibility index (Phi) is 2.52. The van der Waals surface area contributed by atoms with Gasteiger partial charge in [-0.1, -0.05) is 6.42 Å². The lowest BCUT2D eigenvalue weighted by atomic mass is 10.1. The molecule has 0 radical (unpaired) electrons. The number of nitrogen functional groups attached to an aromatic ring is 1. The average Bonchev–Trinajstić information content (AvgIpc) is 2.41. The van der Waals surface area contributed by atoms with Crippen LogP contribution in [0.5, 0.6) is 0 Å². The van der Waals surface area contributed by atoms with E-state index in [2.05, 4.69) is 15.3 Å². The third-order valence-corrected chi connectivity index (χ3v) is 2.69. The molecule has 4 nitrogen and oxygen atoms in total. The van der Waals surface area contributed by atoms with Crippen LogP contribution in [0, 0.1) is 0 Å². The molecule has 0 fully saturated rings. The zero-order valence-electron chi connectivity index (χ0n) is 8.51. The van der Waals surface area contributed by atoms with Crippen LogP contribution in [0.15, 0.2) is 0 Å². The van der Waals surface area contributed by atoms with Gasteiger partial charge in [-0.15, -0.1) is 0 Å². The number of nitrogens with zero attached hydrogens (tertiary/aromatic N) is 2. The minimum absolute atomic E-state index is 0.384. The quantitative estimate of drug-likeness (QED) is 0.660. The smallest absolute Gasteiger partial charge is 0.222 e. The maximum Gasteiger partial charge on any atom is 0.222 e. The van der Waals surface area contributed by atoms with E-state index in [0.717, 1.165) is 24.4 Å². The van der Waals surface area contributed by atoms with Gasteiger partial charge in [-0.25, -0.2) is 4.98 Å². The fourth-order valence-electron chi connectivity index (χ4n) is 2.00. The third-order valence-electron chi connectivity index (χ3n) is 2.69. The van der Waals surface area contributed by atoms with E-state index in [-0.39, 0.29) is 0 Å².